The van der Waals surface area contributed by atoms with Gasteiger partial charge < -0.3 is 4.74 Å². The van der Waals surface area contributed by atoms with Gasteiger partial charge in [-0.1, -0.05) is 0 Å². The van der Waals surface area contributed by atoms with Crippen LogP contribution in [0.5, 0.6) is 5.75 Å². The topological polar surface area (TPSA) is 52.4 Å². The SMILES string of the molecule is COc1ccc([N+](=O)[O-])c2c1CCCC2. The molecule has 0 spiro atoms. The van der Waals surface area contributed by atoms with E-state index in [1.54, 1.807) is 19.2 Å². The highest BCUT2D eigenvalue weighted by Crippen LogP contribution is 2.35. The van der Waals surface area contributed by atoms with Crippen LogP contribution in [0.4, 0.5) is 5.69 Å². The van der Waals surface area contributed by atoms with Crippen molar-refractivity contribution in [3.63, 3.8) is 0 Å². The number of benzene rings is 1. The third kappa shape index (κ3) is 1.67. The maximum absolute atomic E-state index is 10.8. The highest BCUT2D eigenvalue weighted by Gasteiger charge is 2.23. The van der Waals surface area contributed by atoms with Crippen LogP contribution >= 0.6 is 0 Å². The molecule has 0 unspecified atom stereocenters. The lowest BCUT2D eigenvalue weighted by atomic mass is 9.90. The Hall–Kier alpha value is -1.58. The lowest BCUT2D eigenvalue weighted by molar-refractivity contribution is -0.385. The minimum atomic E-state index is -0.302. The van der Waals surface area contributed by atoms with Crippen LogP contribution < -0.4 is 4.74 Å². The highest BCUT2D eigenvalue weighted by atomic mass is 16.6. The lowest BCUT2D eigenvalue weighted by Crippen LogP contribution is -2.08. The number of methoxy groups -OCH3 is 1. The molecule has 0 saturated heterocycles. The smallest absolute Gasteiger partial charge is 0.273 e. The summed E-state index contributed by atoms with van der Waals surface area (Å²) in [5.41, 5.74) is 2.13. The Morgan fingerprint density at radius 3 is 2.53 bits per heavy atom. The quantitative estimate of drug-likeness (QED) is 0.553. The van der Waals surface area contributed by atoms with E-state index in [2.05, 4.69) is 0 Å². The molecule has 4 heteroatoms. The van der Waals surface area contributed by atoms with Gasteiger partial charge in [0, 0.05) is 17.2 Å². The summed E-state index contributed by atoms with van der Waals surface area (Å²) in [6.45, 7) is 0. The molecule has 0 aromatic heterocycles. The van der Waals surface area contributed by atoms with Crippen molar-refractivity contribution in [3.8, 4) is 5.75 Å². The Balaban J connectivity index is 2.57. The molecule has 0 aliphatic heterocycles. The van der Waals surface area contributed by atoms with Crippen molar-refractivity contribution in [2.24, 2.45) is 0 Å². The van der Waals surface area contributed by atoms with Crippen molar-refractivity contribution < 1.29 is 9.66 Å². The first-order valence-corrected chi connectivity index (χ1v) is 5.07. The monoisotopic (exact) mass is 207 g/mol. The summed E-state index contributed by atoms with van der Waals surface area (Å²) in [5, 5.41) is 10.8. The Morgan fingerprint density at radius 2 is 1.93 bits per heavy atom. The van der Waals surface area contributed by atoms with Crippen LogP contribution in [-0.2, 0) is 12.8 Å². The summed E-state index contributed by atoms with van der Waals surface area (Å²) in [5.74, 6) is 0.787. The summed E-state index contributed by atoms with van der Waals surface area (Å²) in [4.78, 5) is 10.5. The second kappa shape index (κ2) is 3.88. The van der Waals surface area contributed by atoms with Crippen molar-refractivity contribution in [2.45, 2.75) is 25.7 Å². The zero-order chi connectivity index (χ0) is 10.8. The predicted octanol–water partition coefficient (Wildman–Crippen LogP) is 2.48. The lowest BCUT2D eigenvalue weighted by Gasteiger charge is -2.18. The molecular weight excluding hydrogens is 194 g/mol. The first-order chi connectivity index (χ1) is 7.24. The first kappa shape index (κ1) is 9.96. The van der Waals surface area contributed by atoms with Gasteiger partial charge in [-0.25, -0.2) is 0 Å². The van der Waals surface area contributed by atoms with E-state index in [4.69, 9.17) is 4.74 Å². The molecule has 1 aromatic carbocycles. The third-order valence-corrected chi connectivity index (χ3v) is 2.88. The first-order valence-electron chi connectivity index (χ1n) is 5.07. The molecular formula is C11H13NO3. The number of fused-ring (bicyclic) bond motifs is 1. The Morgan fingerprint density at radius 1 is 1.27 bits per heavy atom. The van der Waals surface area contributed by atoms with Gasteiger partial charge in [0.15, 0.2) is 0 Å². The third-order valence-electron chi connectivity index (χ3n) is 2.88. The number of hydrogen-bond donors (Lipinski definition) is 0. The van der Waals surface area contributed by atoms with E-state index in [0.717, 1.165) is 42.6 Å². The van der Waals surface area contributed by atoms with Crippen molar-refractivity contribution in [1.29, 1.82) is 0 Å². The second-order valence-corrected chi connectivity index (χ2v) is 3.71. The average Bonchev–Trinajstić information content (AvgIpc) is 2.27. The number of nitro groups is 1. The molecule has 1 aliphatic carbocycles. The number of hydrogen-bond acceptors (Lipinski definition) is 3. The van der Waals surface area contributed by atoms with Crippen molar-refractivity contribution >= 4 is 5.69 Å². The molecule has 0 bridgehead atoms. The molecule has 4 nitrogen and oxygen atoms in total. The minimum absolute atomic E-state index is 0.241. The maximum atomic E-state index is 10.8. The van der Waals surface area contributed by atoms with E-state index in [-0.39, 0.29) is 10.6 Å². The van der Waals surface area contributed by atoms with Gasteiger partial charge in [0.05, 0.1) is 12.0 Å². The van der Waals surface area contributed by atoms with Gasteiger partial charge in [-0.05, 0) is 31.7 Å². The molecule has 15 heavy (non-hydrogen) atoms. The maximum Gasteiger partial charge on any atom is 0.273 e. The van der Waals surface area contributed by atoms with Gasteiger partial charge in [-0.15, -0.1) is 0 Å². The number of nitrogens with zero attached hydrogens (tertiary/aromatic N) is 1. The molecule has 1 aliphatic rings. The largest absolute Gasteiger partial charge is 0.496 e. The van der Waals surface area contributed by atoms with Gasteiger partial charge in [-0.2, -0.15) is 0 Å². The van der Waals surface area contributed by atoms with Crippen LogP contribution in [0.25, 0.3) is 0 Å². The average molecular weight is 207 g/mol. The van der Waals surface area contributed by atoms with Gasteiger partial charge in [0.1, 0.15) is 5.75 Å². The van der Waals surface area contributed by atoms with Crippen LogP contribution in [0, 0.1) is 10.1 Å². The Labute approximate surface area is 88.0 Å². The number of nitro benzene ring substituents is 1. The zero-order valence-electron chi connectivity index (χ0n) is 8.66. The fourth-order valence-corrected chi connectivity index (χ4v) is 2.18. The molecule has 0 fully saturated rings. The number of ether oxygens (including phenoxy) is 1. The Kier molecular flexibility index (Phi) is 2.58. The molecule has 2 rings (SSSR count). The van der Waals surface area contributed by atoms with Crippen molar-refractivity contribution in [1.82, 2.24) is 0 Å². The van der Waals surface area contributed by atoms with Gasteiger partial charge in [-0.3, -0.25) is 10.1 Å². The summed E-state index contributed by atoms with van der Waals surface area (Å²) >= 11 is 0. The molecule has 0 heterocycles. The van der Waals surface area contributed by atoms with Crippen molar-refractivity contribution in [3.05, 3.63) is 33.4 Å². The molecule has 0 N–H and O–H groups in total. The number of rotatable bonds is 2. The van der Waals surface area contributed by atoms with E-state index in [1.807, 2.05) is 0 Å². The molecule has 0 saturated carbocycles. The van der Waals surface area contributed by atoms with Gasteiger partial charge in [0.25, 0.3) is 5.69 Å². The highest BCUT2D eigenvalue weighted by molar-refractivity contribution is 5.53. The standard InChI is InChI=1S/C11H13NO3/c1-15-11-7-6-10(12(13)14)8-4-2-3-5-9(8)11/h6-7H,2-5H2,1H3. The fourth-order valence-electron chi connectivity index (χ4n) is 2.18. The van der Waals surface area contributed by atoms with Crippen LogP contribution in [0.15, 0.2) is 12.1 Å². The van der Waals surface area contributed by atoms with Crippen LogP contribution in [0.3, 0.4) is 0 Å². The summed E-state index contributed by atoms with van der Waals surface area (Å²) < 4.78 is 5.22. The van der Waals surface area contributed by atoms with E-state index in [1.165, 1.54) is 0 Å². The van der Waals surface area contributed by atoms with E-state index < -0.39 is 0 Å². The van der Waals surface area contributed by atoms with E-state index in [0.29, 0.717) is 0 Å². The fraction of sp³-hybridized carbons (Fsp3) is 0.455. The van der Waals surface area contributed by atoms with Crippen LogP contribution in [-0.4, -0.2) is 12.0 Å². The molecule has 80 valence electrons. The minimum Gasteiger partial charge on any atom is -0.496 e. The molecule has 0 radical (unpaired) electrons. The summed E-state index contributed by atoms with van der Waals surface area (Å²) in [6.07, 6.45) is 3.80. The van der Waals surface area contributed by atoms with E-state index in [9.17, 15) is 10.1 Å². The Bertz CT molecular complexity index is 401. The van der Waals surface area contributed by atoms with Crippen LogP contribution in [0.2, 0.25) is 0 Å². The molecule has 1 aromatic rings. The summed E-state index contributed by atoms with van der Waals surface area (Å²) in [6, 6.07) is 3.24. The van der Waals surface area contributed by atoms with Crippen LogP contribution in [0.1, 0.15) is 24.0 Å². The molecule has 0 atom stereocenters. The van der Waals surface area contributed by atoms with Crippen molar-refractivity contribution in [2.75, 3.05) is 7.11 Å². The van der Waals surface area contributed by atoms with Gasteiger partial charge >= 0.3 is 0 Å². The van der Waals surface area contributed by atoms with E-state index >= 15 is 0 Å². The van der Waals surface area contributed by atoms with Gasteiger partial charge in [0.2, 0.25) is 0 Å². The second-order valence-electron chi connectivity index (χ2n) is 3.71. The molecule has 0 amide bonds. The summed E-state index contributed by atoms with van der Waals surface area (Å²) in [7, 11) is 1.61. The predicted molar refractivity (Wildman–Crippen MR) is 56.3 cm³/mol. The zero-order valence-corrected chi connectivity index (χ0v) is 8.66. The normalized spacial score (nSPS) is 14.5.